The molecule has 0 saturated carbocycles. The molecule has 5 heteroatoms. The summed E-state index contributed by atoms with van der Waals surface area (Å²) in [6.45, 7) is 1.29. The number of carbonyl (C=O) groups excluding carboxylic acids is 1. The van der Waals surface area contributed by atoms with E-state index in [4.69, 9.17) is 22.1 Å². The van der Waals surface area contributed by atoms with Crippen molar-refractivity contribution in [2.75, 3.05) is 20.3 Å². The van der Waals surface area contributed by atoms with Gasteiger partial charge >= 0.3 is 0 Å². The molecule has 1 aliphatic rings. The fourth-order valence-corrected chi connectivity index (χ4v) is 2.28. The van der Waals surface area contributed by atoms with Crippen LogP contribution in [0.1, 0.15) is 12.0 Å². The standard InChI is InChI=1S/C13H17ClN2O2/c1-16(8-10-4-2-3-5-11(10)14)12(17)13(15)6-7-18-9-13/h2-5H,6-9,15H2,1H3. The van der Waals surface area contributed by atoms with Gasteiger partial charge in [0.25, 0.3) is 0 Å². The van der Waals surface area contributed by atoms with Gasteiger partial charge in [0.1, 0.15) is 5.54 Å². The molecule has 0 bridgehead atoms. The topological polar surface area (TPSA) is 55.6 Å². The lowest BCUT2D eigenvalue weighted by molar-refractivity contribution is -0.136. The largest absolute Gasteiger partial charge is 0.379 e. The van der Waals surface area contributed by atoms with Crippen molar-refractivity contribution in [2.45, 2.75) is 18.5 Å². The van der Waals surface area contributed by atoms with Gasteiger partial charge in [0, 0.05) is 25.2 Å². The Morgan fingerprint density at radius 1 is 1.56 bits per heavy atom. The molecule has 0 spiro atoms. The van der Waals surface area contributed by atoms with E-state index in [9.17, 15) is 4.79 Å². The summed E-state index contributed by atoms with van der Waals surface area (Å²) in [5.41, 5.74) is 6.08. The molecule has 98 valence electrons. The summed E-state index contributed by atoms with van der Waals surface area (Å²) >= 11 is 6.07. The molecule has 1 unspecified atom stereocenters. The van der Waals surface area contributed by atoms with Gasteiger partial charge in [-0.05, 0) is 18.1 Å². The van der Waals surface area contributed by atoms with Crippen LogP contribution in [0.15, 0.2) is 24.3 Å². The molecular formula is C13H17ClN2O2. The molecule has 0 aromatic heterocycles. The van der Waals surface area contributed by atoms with Crippen molar-refractivity contribution in [3.8, 4) is 0 Å². The van der Waals surface area contributed by atoms with Crippen molar-refractivity contribution < 1.29 is 9.53 Å². The number of halogens is 1. The number of nitrogens with two attached hydrogens (primary N) is 1. The van der Waals surface area contributed by atoms with Crippen LogP contribution >= 0.6 is 11.6 Å². The number of hydrogen-bond acceptors (Lipinski definition) is 3. The van der Waals surface area contributed by atoms with Gasteiger partial charge in [-0.15, -0.1) is 0 Å². The van der Waals surface area contributed by atoms with E-state index in [1.165, 1.54) is 0 Å². The summed E-state index contributed by atoms with van der Waals surface area (Å²) in [6.07, 6.45) is 0.568. The second kappa shape index (κ2) is 5.26. The summed E-state index contributed by atoms with van der Waals surface area (Å²) in [5, 5.41) is 0.658. The van der Waals surface area contributed by atoms with Gasteiger partial charge in [-0.1, -0.05) is 29.8 Å². The van der Waals surface area contributed by atoms with E-state index in [0.29, 0.717) is 31.2 Å². The first kappa shape index (κ1) is 13.3. The fourth-order valence-electron chi connectivity index (χ4n) is 2.08. The number of hydrogen-bond donors (Lipinski definition) is 1. The van der Waals surface area contributed by atoms with Crippen molar-refractivity contribution in [1.29, 1.82) is 0 Å². The third-order valence-electron chi connectivity index (χ3n) is 3.19. The molecule has 1 aliphatic heterocycles. The number of rotatable bonds is 3. The molecule has 0 radical (unpaired) electrons. The third-order valence-corrected chi connectivity index (χ3v) is 3.56. The minimum atomic E-state index is -0.879. The highest BCUT2D eigenvalue weighted by Gasteiger charge is 2.40. The van der Waals surface area contributed by atoms with Crippen molar-refractivity contribution in [2.24, 2.45) is 5.73 Å². The summed E-state index contributed by atoms with van der Waals surface area (Å²) in [5.74, 6) is -0.0973. The van der Waals surface area contributed by atoms with Crippen LogP contribution in [0.25, 0.3) is 0 Å². The summed E-state index contributed by atoms with van der Waals surface area (Å²) < 4.78 is 5.21. The summed E-state index contributed by atoms with van der Waals surface area (Å²) in [6, 6.07) is 7.48. The minimum Gasteiger partial charge on any atom is -0.379 e. The van der Waals surface area contributed by atoms with E-state index in [2.05, 4.69) is 0 Å². The molecule has 2 N–H and O–H groups in total. The van der Waals surface area contributed by atoms with Crippen molar-refractivity contribution in [3.05, 3.63) is 34.9 Å². The molecule has 1 amide bonds. The van der Waals surface area contributed by atoms with Crippen LogP contribution in [0, 0.1) is 0 Å². The third kappa shape index (κ3) is 2.66. The number of ether oxygens (including phenoxy) is 1. The van der Waals surface area contributed by atoms with E-state index in [0.717, 1.165) is 5.56 Å². The Balaban J connectivity index is 2.06. The number of benzene rings is 1. The summed E-state index contributed by atoms with van der Waals surface area (Å²) in [7, 11) is 1.73. The Kier molecular flexibility index (Phi) is 3.90. The first-order chi connectivity index (χ1) is 8.53. The van der Waals surface area contributed by atoms with Crippen LogP contribution < -0.4 is 5.73 Å². The van der Waals surface area contributed by atoms with Crippen LogP contribution in [0.5, 0.6) is 0 Å². The Bertz CT molecular complexity index is 444. The van der Waals surface area contributed by atoms with E-state index in [-0.39, 0.29) is 5.91 Å². The molecule has 4 nitrogen and oxygen atoms in total. The average molecular weight is 269 g/mol. The van der Waals surface area contributed by atoms with E-state index < -0.39 is 5.54 Å². The van der Waals surface area contributed by atoms with Crippen molar-refractivity contribution in [3.63, 3.8) is 0 Å². The number of nitrogens with zero attached hydrogens (tertiary/aromatic N) is 1. The van der Waals surface area contributed by atoms with Gasteiger partial charge in [-0.2, -0.15) is 0 Å². The van der Waals surface area contributed by atoms with Crippen LogP contribution in [0.4, 0.5) is 0 Å². The van der Waals surface area contributed by atoms with Crippen LogP contribution in [-0.4, -0.2) is 36.6 Å². The highest BCUT2D eigenvalue weighted by Crippen LogP contribution is 2.21. The maximum absolute atomic E-state index is 12.3. The zero-order valence-electron chi connectivity index (χ0n) is 10.4. The number of amides is 1. The fraction of sp³-hybridized carbons (Fsp3) is 0.462. The van der Waals surface area contributed by atoms with Gasteiger partial charge in [0.05, 0.1) is 6.61 Å². The summed E-state index contributed by atoms with van der Waals surface area (Å²) in [4.78, 5) is 13.9. The second-order valence-electron chi connectivity index (χ2n) is 4.71. The zero-order valence-corrected chi connectivity index (χ0v) is 11.1. The molecule has 1 fully saturated rings. The van der Waals surface area contributed by atoms with Gasteiger partial charge < -0.3 is 15.4 Å². The van der Waals surface area contributed by atoms with E-state index in [1.54, 1.807) is 11.9 Å². The zero-order chi connectivity index (χ0) is 13.2. The van der Waals surface area contributed by atoms with E-state index in [1.807, 2.05) is 24.3 Å². The smallest absolute Gasteiger partial charge is 0.245 e. The molecule has 1 heterocycles. The highest BCUT2D eigenvalue weighted by atomic mass is 35.5. The van der Waals surface area contributed by atoms with Gasteiger partial charge in [-0.25, -0.2) is 0 Å². The Labute approximate surface area is 112 Å². The maximum atomic E-state index is 12.3. The maximum Gasteiger partial charge on any atom is 0.245 e. The molecule has 18 heavy (non-hydrogen) atoms. The minimum absolute atomic E-state index is 0.0973. The van der Waals surface area contributed by atoms with Gasteiger partial charge in [0.15, 0.2) is 0 Å². The average Bonchev–Trinajstić information content (AvgIpc) is 2.79. The predicted molar refractivity (Wildman–Crippen MR) is 70.3 cm³/mol. The predicted octanol–water partition coefficient (Wildman–Crippen LogP) is 1.42. The second-order valence-corrected chi connectivity index (χ2v) is 5.12. The van der Waals surface area contributed by atoms with Crippen molar-refractivity contribution in [1.82, 2.24) is 4.90 Å². The van der Waals surface area contributed by atoms with Crippen molar-refractivity contribution >= 4 is 17.5 Å². The normalized spacial score (nSPS) is 23.1. The van der Waals surface area contributed by atoms with Crippen LogP contribution in [0.2, 0.25) is 5.02 Å². The molecule has 2 rings (SSSR count). The monoisotopic (exact) mass is 268 g/mol. The van der Waals surface area contributed by atoms with Crippen LogP contribution in [0.3, 0.4) is 0 Å². The first-order valence-corrected chi connectivity index (χ1v) is 6.26. The molecule has 1 atom stereocenters. The molecule has 0 aliphatic carbocycles. The Morgan fingerprint density at radius 3 is 2.89 bits per heavy atom. The van der Waals surface area contributed by atoms with E-state index >= 15 is 0 Å². The lowest BCUT2D eigenvalue weighted by Crippen LogP contribution is -2.54. The Morgan fingerprint density at radius 2 is 2.28 bits per heavy atom. The highest BCUT2D eigenvalue weighted by molar-refractivity contribution is 6.31. The van der Waals surface area contributed by atoms with Gasteiger partial charge in [0.2, 0.25) is 5.91 Å². The molecule has 1 aromatic rings. The Hall–Kier alpha value is -1.10. The number of carbonyl (C=O) groups is 1. The molecule has 1 saturated heterocycles. The van der Waals surface area contributed by atoms with Crippen LogP contribution in [-0.2, 0) is 16.1 Å². The SMILES string of the molecule is CN(Cc1ccccc1Cl)C(=O)C1(N)CCOC1. The first-order valence-electron chi connectivity index (χ1n) is 5.88. The molecular weight excluding hydrogens is 252 g/mol. The lowest BCUT2D eigenvalue weighted by Gasteiger charge is -2.27. The lowest BCUT2D eigenvalue weighted by atomic mass is 9.98. The number of likely N-dealkylation sites (N-methyl/N-ethyl adjacent to an activating group) is 1. The molecule has 1 aromatic carbocycles. The quantitative estimate of drug-likeness (QED) is 0.902. The van der Waals surface area contributed by atoms with Gasteiger partial charge in [-0.3, -0.25) is 4.79 Å².